The Morgan fingerprint density at radius 3 is 3.08 bits per heavy atom. The molecule has 1 aliphatic rings. The van der Waals surface area contributed by atoms with Crippen molar-refractivity contribution in [2.45, 2.75) is 19.8 Å². The number of hydrogen-bond acceptors (Lipinski definition) is 2. The molecule has 3 heteroatoms. The zero-order chi connectivity index (χ0) is 9.68. The van der Waals surface area contributed by atoms with Crippen molar-refractivity contribution in [1.29, 1.82) is 0 Å². The van der Waals surface area contributed by atoms with Gasteiger partial charge in [0, 0.05) is 6.42 Å². The molecule has 0 aromatic carbocycles. The second-order valence-electron chi connectivity index (χ2n) is 2.77. The van der Waals surface area contributed by atoms with Gasteiger partial charge in [-0.15, -0.1) is 0 Å². The Hall–Kier alpha value is -1.25. The topological polar surface area (TPSA) is 46.5 Å². The van der Waals surface area contributed by atoms with Crippen molar-refractivity contribution in [2.24, 2.45) is 0 Å². The second-order valence-corrected chi connectivity index (χ2v) is 2.77. The number of rotatable bonds is 4. The number of carboxylic acid groups (broad SMARTS) is 1. The van der Waals surface area contributed by atoms with Crippen LogP contribution in [0.3, 0.4) is 0 Å². The van der Waals surface area contributed by atoms with Crippen LogP contribution in [0.1, 0.15) is 19.8 Å². The molecule has 13 heavy (non-hydrogen) atoms. The first-order chi connectivity index (χ1) is 6.22. The van der Waals surface area contributed by atoms with Gasteiger partial charge >= 0.3 is 5.97 Å². The fraction of sp³-hybridized carbons (Fsp3) is 0.400. The maximum absolute atomic E-state index is 10.4. The SMILES string of the molecule is CCOC1=CC(CC(=O)O)=CC[CH]1. The lowest BCUT2D eigenvalue weighted by atomic mass is 10.0. The van der Waals surface area contributed by atoms with Crippen molar-refractivity contribution < 1.29 is 14.6 Å². The number of allylic oxidation sites excluding steroid dienone is 3. The first-order valence-electron chi connectivity index (χ1n) is 4.31. The van der Waals surface area contributed by atoms with Gasteiger partial charge in [0.15, 0.2) is 0 Å². The molecule has 71 valence electrons. The Morgan fingerprint density at radius 2 is 2.46 bits per heavy atom. The van der Waals surface area contributed by atoms with Crippen LogP contribution in [0.2, 0.25) is 0 Å². The summed E-state index contributed by atoms with van der Waals surface area (Å²) in [4.78, 5) is 10.4. The highest BCUT2D eigenvalue weighted by Gasteiger charge is 2.08. The minimum absolute atomic E-state index is 0.0738. The number of ether oxygens (including phenoxy) is 1. The van der Waals surface area contributed by atoms with Crippen LogP contribution in [-0.4, -0.2) is 17.7 Å². The standard InChI is InChI=1S/C10H13O3/c1-2-13-9-5-3-4-8(6-9)7-10(11)12/h4-6H,2-3,7H2,1H3,(H,11,12). The lowest BCUT2D eigenvalue weighted by Gasteiger charge is -2.12. The fourth-order valence-electron chi connectivity index (χ4n) is 1.19. The van der Waals surface area contributed by atoms with Gasteiger partial charge < -0.3 is 9.84 Å². The summed E-state index contributed by atoms with van der Waals surface area (Å²) < 4.78 is 5.27. The van der Waals surface area contributed by atoms with E-state index in [9.17, 15) is 4.79 Å². The van der Waals surface area contributed by atoms with E-state index >= 15 is 0 Å². The van der Waals surface area contributed by atoms with Gasteiger partial charge in [-0.3, -0.25) is 4.79 Å². The minimum atomic E-state index is -0.805. The molecular formula is C10H13O3. The van der Waals surface area contributed by atoms with E-state index < -0.39 is 5.97 Å². The van der Waals surface area contributed by atoms with Crippen LogP contribution in [-0.2, 0) is 9.53 Å². The van der Waals surface area contributed by atoms with E-state index in [1.54, 1.807) is 6.08 Å². The number of carboxylic acids is 1. The summed E-state index contributed by atoms with van der Waals surface area (Å²) in [6, 6.07) is 0. The van der Waals surface area contributed by atoms with E-state index in [0.29, 0.717) is 6.61 Å². The van der Waals surface area contributed by atoms with Crippen molar-refractivity contribution in [1.82, 2.24) is 0 Å². The van der Waals surface area contributed by atoms with Crippen molar-refractivity contribution in [2.75, 3.05) is 6.61 Å². The molecule has 0 aromatic rings. The molecule has 1 radical (unpaired) electrons. The maximum Gasteiger partial charge on any atom is 0.307 e. The molecule has 0 fully saturated rings. The lowest BCUT2D eigenvalue weighted by molar-refractivity contribution is -0.136. The third kappa shape index (κ3) is 3.32. The zero-order valence-corrected chi connectivity index (χ0v) is 7.62. The Kier molecular flexibility index (Phi) is 3.55. The van der Waals surface area contributed by atoms with Crippen LogP contribution in [0.15, 0.2) is 23.5 Å². The van der Waals surface area contributed by atoms with Gasteiger partial charge in [0.25, 0.3) is 0 Å². The highest BCUT2D eigenvalue weighted by Crippen LogP contribution is 2.19. The largest absolute Gasteiger partial charge is 0.498 e. The second kappa shape index (κ2) is 4.70. The van der Waals surface area contributed by atoms with Crippen molar-refractivity contribution in [3.8, 4) is 0 Å². The van der Waals surface area contributed by atoms with E-state index in [2.05, 4.69) is 0 Å². The summed E-state index contributed by atoms with van der Waals surface area (Å²) in [5.74, 6) is -0.0264. The molecule has 3 nitrogen and oxygen atoms in total. The first kappa shape index (κ1) is 9.84. The number of aliphatic carboxylic acids is 1. The third-order valence-corrected chi connectivity index (χ3v) is 1.69. The van der Waals surface area contributed by atoms with Crippen LogP contribution in [0.4, 0.5) is 0 Å². The molecule has 0 heterocycles. The number of hydrogen-bond donors (Lipinski definition) is 1. The summed E-state index contributed by atoms with van der Waals surface area (Å²) in [6.45, 7) is 2.52. The minimum Gasteiger partial charge on any atom is -0.498 e. The van der Waals surface area contributed by atoms with Crippen molar-refractivity contribution in [3.05, 3.63) is 29.9 Å². The van der Waals surface area contributed by atoms with Crippen LogP contribution in [0, 0.1) is 6.42 Å². The zero-order valence-electron chi connectivity index (χ0n) is 7.62. The Bertz CT molecular complexity index is 251. The quantitative estimate of drug-likeness (QED) is 0.720. The smallest absolute Gasteiger partial charge is 0.307 e. The van der Waals surface area contributed by atoms with Gasteiger partial charge in [-0.05, 0) is 25.0 Å². The van der Waals surface area contributed by atoms with E-state index in [4.69, 9.17) is 9.84 Å². The van der Waals surface area contributed by atoms with Gasteiger partial charge in [0.2, 0.25) is 0 Å². The molecule has 0 atom stereocenters. The van der Waals surface area contributed by atoms with Gasteiger partial charge in [0.1, 0.15) is 5.76 Å². The molecule has 0 unspecified atom stereocenters. The van der Waals surface area contributed by atoms with Crippen molar-refractivity contribution >= 4 is 5.97 Å². The highest BCUT2D eigenvalue weighted by atomic mass is 16.5. The Labute approximate surface area is 77.7 Å². The van der Waals surface area contributed by atoms with Crippen LogP contribution < -0.4 is 0 Å². The molecular weight excluding hydrogens is 168 g/mol. The maximum atomic E-state index is 10.4. The van der Waals surface area contributed by atoms with E-state index in [-0.39, 0.29) is 6.42 Å². The number of carbonyl (C=O) groups is 1. The van der Waals surface area contributed by atoms with E-state index in [1.165, 1.54) is 0 Å². The van der Waals surface area contributed by atoms with Crippen molar-refractivity contribution in [3.63, 3.8) is 0 Å². The molecule has 0 saturated carbocycles. The Balaban J connectivity index is 2.56. The molecule has 0 spiro atoms. The van der Waals surface area contributed by atoms with E-state index in [1.807, 2.05) is 19.4 Å². The summed E-state index contributed by atoms with van der Waals surface area (Å²) in [5, 5.41) is 8.56. The average molecular weight is 181 g/mol. The monoisotopic (exact) mass is 181 g/mol. The molecule has 0 bridgehead atoms. The highest BCUT2D eigenvalue weighted by molar-refractivity contribution is 5.71. The van der Waals surface area contributed by atoms with Crippen LogP contribution in [0.25, 0.3) is 0 Å². The van der Waals surface area contributed by atoms with Gasteiger partial charge in [-0.2, -0.15) is 0 Å². The van der Waals surface area contributed by atoms with Gasteiger partial charge in [-0.1, -0.05) is 6.08 Å². The van der Waals surface area contributed by atoms with Gasteiger partial charge in [-0.25, -0.2) is 0 Å². The molecule has 0 aromatic heterocycles. The summed E-state index contributed by atoms with van der Waals surface area (Å²) in [6.07, 6.45) is 6.45. The third-order valence-electron chi connectivity index (χ3n) is 1.69. The molecule has 1 rings (SSSR count). The lowest BCUT2D eigenvalue weighted by Crippen LogP contribution is -2.02. The molecule has 1 aliphatic carbocycles. The van der Waals surface area contributed by atoms with Crippen LogP contribution >= 0.6 is 0 Å². The molecule has 1 N–H and O–H groups in total. The van der Waals surface area contributed by atoms with Gasteiger partial charge in [0.05, 0.1) is 13.0 Å². The first-order valence-corrected chi connectivity index (χ1v) is 4.31. The average Bonchev–Trinajstić information content (AvgIpc) is 2.04. The predicted molar refractivity (Wildman–Crippen MR) is 49.0 cm³/mol. The van der Waals surface area contributed by atoms with Crippen LogP contribution in [0.5, 0.6) is 0 Å². The van der Waals surface area contributed by atoms with E-state index in [0.717, 1.165) is 17.8 Å². The molecule has 0 amide bonds. The molecule has 0 aliphatic heterocycles. The fourth-order valence-corrected chi connectivity index (χ4v) is 1.19. The summed E-state index contributed by atoms with van der Waals surface area (Å²) in [5.41, 5.74) is 0.818. The normalized spacial score (nSPS) is 16.1. The summed E-state index contributed by atoms with van der Waals surface area (Å²) >= 11 is 0. The molecule has 0 saturated heterocycles. The summed E-state index contributed by atoms with van der Waals surface area (Å²) in [7, 11) is 0. The Morgan fingerprint density at radius 1 is 1.69 bits per heavy atom. The predicted octanol–water partition coefficient (Wildman–Crippen LogP) is 1.92.